The molecule has 4 aliphatic rings. The molecular weight excluding hydrogens is 1390 g/mol. The molecule has 1 saturated carbocycles. The zero-order valence-corrected chi connectivity index (χ0v) is 63.9. The van der Waals surface area contributed by atoms with Crippen molar-refractivity contribution in [3.8, 4) is 0 Å². The lowest BCUT2D eigenvalue weighted by Gasteiger charge is -2.40. The quantitative estimate of drug-likeness (QED) is 0.218. The van der Waals surface area contributed by atoms with Crippen molar-refractivity contribution in [3.63, 3.8) is 0 Å². The number of carbonyl (C=O) groups excluding carboxylic acids is 13. The number of amides is 13. The second kappa shape index (κ2) is 38.5. The van der Waals surface area contributed by atoms with E-state index in [1.165, 1.54) is 66.1 Å². The van der Waals surface area contributed by atoms with Crippen molar-refractivity contribution in [3.05, 3.63) is 34.3 Å². The Hall–Kier alpha value is -7.73. The molecule has 0 aromatic heterocycles. The van der Waals surface area contributed by atoms with Gasteiger partial charge in [-0.15, -0.1) is 0 Å². The molecule has 4 fully saturated rings. The predicted octanol–water partition coefficient (Wildman–Crippen LogP) is 5.06. The van der Waals surface area contributed by atoms with Crippen LogP contribution < -0.4 is 16.0 Å². The molecular formula is C72H111ClF5N13O13. The highest BCUT2D eigenvalue weighted by Crippen LogP contribution is 2.36. The van der Waals surface area contributed by atoms with Crippen LogP contribution >= 0.6 is 11.6 Å². The van der Waals surface area contributed by atoms with Gasteiger partial charge in [-0.2, -0.15) is 13.2 Å². The first-order chi connectivity index (χ1) is 48.5. The first-order valence-electron chi connectivity index (χ1n) is 36.3. The average Bonchev–Trinajstić information content (AvgIpc) is 0.758. The molecule has 1 aromatic carbocycles. The average molecular weight is 1500 g/mol. The third-order valence-corrected chi connectivity index (χ3v) is 21.3. The summed E-state index contributed by atoms with van der Waals surface area (Å²) in [7, 11) is 10.4. The number of aryl methyl sites for hydroxylation is 1. The van der Waals surface area contributed by atoms with Gasteiger partial charge in [0.25, 0.3) is 5.92 Å². The molecule has 584 valence electrons. The van der Waals surface area contributed by atoms with Crippen LogP contribution in [0.25, 0.3) is 0 Å². The lowest BCUT2D eigenvalue weighted by Crippen LogP contribution is -2.62. The summed E-state index contributed by atoms with van der Waals surface area (Å²) >= 11 is 6.14. The molecule has 104 heavy (non-hydrogen) atoms. The van der Waals surface area contributed by atoms with Gasteiger partial charge in [-0.3, -0.25) is 62.3 Å². The van der Waals surface area contributed by atoms with Crippen LogP contribution in [0.4, 0.5) is 22.0 Å². The predicted molar refractivity (Wildman–Crippen MR) is 377 cm³/mol. The maximum absolute atomic E-state index is 15.4. The third kappa shape index (κ3) is 23.6. The van der Waals surface area contributed by atoms with Gasteiger partial charge in [0.15, 0.2) is 0 Å². The number of halogens is 6. The van der Waals surface area contributed by atoms with Gasteiger partial charge in [0.1, 0.15) is 48.3 Å². The van der Waals surface area contributed by atoms with Gasteiger partial charge in [0.2, 0.25) is 76.8 Å². The Kier molecular flexibility index (Phi) is 32.2. The molecule has 1 aromatic rings. The summed E-state index contributed by atoms with van der Waals surface area (Å²) in [6.07, 6.45) is -2.00. The van der Waals surface area contributed by atoms with E-state index in [0.29, 0.717) is 45.2 Å². The Morgan fingerprint density at radius 2 is 1.18 bits per heavy atom. The van der Waals surface area contributed by atoms with Crippen LogP contribution in [0.2, 0.25) is 5.02 Å². The number of carbonyl (C=O) groups is 13. The zero-order chi connectivity index (χ0) is 78.2. The van der Waals surface area contributed by atoms with E-state index in [-0.39, 0.29) is 30.7 Å². The highest BCUT2D eigenvalue weighted by Gasteiger charge is 2.45. The third-order valence-electron chi connectivity index (χ3n) is 21.0. The minimum absolute atomic E-state index is 0.0535. The van der Waals surface area contributed by atoms with Crippen molar-refractivity contribution in [1.82, 2.24) is 64.9 Å². The summed E-state index contributed by atoms with van der Waals surface area (Å²) in [5.41, 5.74) is -0.993. The second-order valence-electron chi connectivity index (χ2n) is 29.7. The molecule has 1 aliphatic carbocycles. The Morgan fingerprint density at radius 1 is 0.606 bits per heavy atom. The van der Waals surface area contributed by atoms with Crippen molar-refractivity contribution in [2.75, 3.05) is 102 Å². The standard InChI is InChI=1S/C72H111ClF5N13O13/c1-16-45(6)61-69(103)84(10)41-59(95)82(8)42-60(96)86(12)54(37-47-23-19-17-20-24-47)67(101)83(9)40-56(92)79-51(28-26-48-25-27-49(50(73)36-48)72(76,77)78)65(99)87(13)53(38-58(94)90-33-29-71(74,75)30-34-90)64(98)80-52(35-43(2)3)66(100)89(15)62(44(4)5)70(104)88(14)55(68(102)91-31-21-18-22-32-91)39-57(93)85(11)46(7)63(97)81-61/h25,27,36,43-47,51-55,61-62H,16-24,26,28-35,37-42H2,1-15H3,(H,79,92)(H,80,98)(H,81,97)/t45-,46-,51-,52-,53-,54-,55-,61-,62+/m0/s1. The van der Waals surface area contributed by atoms with Crippen LogP contribution in [0.5, 0.6) is 0 Å². The minimum Gasteiger partial charge on any atom is -0.343 e. The van der Waals surface area contributed by atoms with E-state index in [9.17, 15) is 65.1 Å². The highest BCUT2D eigenvalue weighted by atomic mass is 35.5. The zero-order valence-electron chi connectivity index (χ0n) is 63.2. The van der Waals surface area contributed by atoms with E-state index < -0.39 is 230 Å². The van der Waals surface area contributed by atoms with E-state index >= 15 is 19.2 Å². The van der Waals surface area contributed by atoms with Crippen LogP contribution in [0.3, 0.4) is 0 Å². The highest BCUT2D eigenvalue weighted by molar-refractivity contribution is 6.31. The second-order valence-corrected chi connectivity index (χ2v) is 30.1. The number of benzene rings is 1. The van der Waals surface area contributed by atoms with Gasteiger partial charge < -0.3 is 64.9 Å². The summed E-state index contributed by atoms with van der Waals surface area (Å²) in [5.74, 6) is -15.4. The molecule has 0 spiro atoms. The fourth-order valence-corrected chi connectivity index (χ4v) is 14.1. The van der Waals surface area contributed by atoms with Crippen LogP contribution in [-0.2, 0) is 74.9 Å². The Morgan fingerprint density at radius 3 is 1.75 bits per heavy atom. The molecule has 3 aliphatic heterocycles. The van der Waals surface area contributed by atoms with E-state index in [2.05, 4.69) is 16.0 Å². The Bertz CT molecular complexity index is 3230. The van der Waals surface area contributed by atoms with Crippen LogP contribution in [0.15, 0.2) is 18.2 Å². The van der Waals surface area contributed by atoms with Gasteiger partial charge in [0, 0.05) is 95.4 Å². The molecule has 0 bridgehead atoms. The van der Waals surface area contributed by atoms with Crippen molar-refractivity contribution in [2.24, 2.45) is 23.7 Å². The largest absolute Gasteiger partial charge is 0.417 e. The maximum atomic E-state index is 15.4. The van der Waals surface area contributed by atoms with Crippen molar-refractivity contribution in [2.45, 2.75) is 218 Å². The van der Waals surface area contributed by atoms with Crippen molar-refractivity contribution < 1.29 is 84.3 Å². The van der Waals surface area contributed by atoms with E-state index in [1.54, 1.807) is 41.5 Å². The van der Waals surface area contributed by atoms with Crippen molar-refractivity contribution >= 4 is 88.4 Å². The monoisotopic (exact) mass is 1500 g/mol. The molecule has 3 heterocycles. The SMILES string of the molecule is CC[C@H](C)[C@@H]1NC(=O)[C@H](C)N(C)C(=O)C[C@@H](C(=O)N2CCCCC2)N(C)C(=O)[C@@H](C(C)C)N(C)C(=O)[C@H](CC(C)C)NC(=O)[C@H](CC(=O)N2CCC(F)(F)CC2)N(C)C(=O)[C@H](CCc2ccc(C(F)(F)F)c(Cl)c2)NC(=O)CN(C)C(=O)[C@H](CC2CCCCC2)N(C)C(=O)CN(C)C(=O)CN(C)C1=O. The van der Waals surface area contributed by atoms with Gasteiger partial charge in [-0.25, -0.2) is 8.78 Å². The summed E-state index contributed by atoms with van der Waals surface area (Å²) in [5, 5.41) is 7.40. The smallest absolute Gasteiger partial charge is 0.343 e. The lowest BCUT2D eigenvalue weighted by molar-refractivity contribution is -0.155. The normalized spacial score (nSPS) is 25.8. The fourth-order valence-electron chi connectivity index (χ4n) is 13.8. The Balaban J connectivity index is 1.67. The number of nitrogens with one attached hydrogen (secondary N) is 3. The number of likely N-dealkylation sites (N-methyl/N-ethyl adjacent to an activating group) is 8. The summed E-state index contributed by atoms with van der Waals surface area (Å²) in [6, 6.07) is -8.96. The molecule has 5 rings (SSSR count). The van der Waals surface area contributed by atoms with Gasteiger partial charge in [0.05, 0.1) is 43.1 Å². The van der Waals surface area contributed by atoms with Gasteiger partial charge >= 0.3 is 6.18 Å². The lowest BCUT2D eigenvalue weighted by atomic mass is 9.84. The number of nitrogens with zero attached hydrogens (tertiary/aromatic N) is 10. The number of alkyl halides is 5. The van der Waals surface area contributed by atoms with E-state index in [1.807, 2.05) is 0 Å². The molecule has 0 radical (unpaired) electrons. The van der Waals surface area contributed by atoms with Gasteiger partial charge in [-0.1, -0.05) is 97.7 Å². The maximum Gasteiger partial charge on any atom is 0.417 e. The number of hydrogen-bond acceptors (Lipinski definition) is 13. The Labute approximate surface area is 613 Å². The first-order valence-corrected chi connectivity index (χ1v) is 36.6. The molecule has 9 atom stereocenters. The molecule has 3 N–H and O–H groups in total. The number of likely N-dealkylation sites (tertiary alicyclic amines) is 2. The van der Waals surface area contributed by atoms with Gasteiger partial charge in [-0.05, 0) is 93.2 Å². The summed E-state index contributed by atoms with van der Waals surface area (Å²) < 4.78 is 71.0. The summed E-state index contributed by atoms with van der Waals surface area (Å²) in [6.45, 7) is 9.41. The molecule has 26 nitrogen and oxygen atoms in total. The van der Waals surface area contributed by atoms with Crippen LogP contribution in [0.1, 0.15) is 162 Å². The van der Waals surface area contributed by atoms with E-state index in [0.717, 1.165) is 90.1 Å². The topological polar surface area (TPSA) is 290 Å². The van der Waals surface area contributed by atoms with Crippen LogP contribution in [-0.4, -0.2) is 282 Å². The molecule has 32 heteroatoms. The fraction of sp³-hybridized carbons (Fsp3) is 0.736. The summed E-state index contributed by atoms with van der Waals surface area (Å²) in [4.78, 5) is 203. The number of rotatable bonds is 13. The molecule has 0 unspecified atom stereocenters. The minimum atomic E-state index is -4.84. The molecule has 3 saturated heterocycles. The van der Waals surface area contributed by atoms with E-state index in [4.69, 9.17) is 11.6 Å². The van der Waals surface area contributed by atoms with Crippen LogP contribution in [0, 0.1) is 23.7 Å². The molecule has 13 amide bonds. The number of piperidine rings is 2. The number of hydrogen-bond donors (Lipinski definition) is 3. The first kappa shape index (κ1) is 86.9. The van der Waals surface area contributed by atoms with Crippen molar-refractivity contribution in [1.29, 1.82) is 0 Å².